The Morgan fingerprint density at radius 1 is 1.09 bits per heavy atom. The van der Waals surface area contributed by atoms with E-state index in [-0.39, 0.29) is 12.0 Å². The fourth-order valence-electron chi connectivity index (χ4n) is 3.35. The molecular formula is C25H25Cl2N3O2S. The van der Waals surface area contributed by atoms with Gasteiger partial charge in [0.15, 0.2) is 5.75 Å². The SMILES string of the molecule is CSNc1cc(COc2ccc(C(C)(C)c3cc(Cl)c(OCCCl)c(C#N)c3)cc2)ccn1. The van der Waals surface area contributed by atoms with Gasteiger partial charge in [-0.25, -0.2) is 4.98 Å². The Hall–Kier alpha value is -2.59. The highest BCUT2D eigenvalue weighted by Gasteiger charge is 2.26. The number of hydrogen-bond donors (Lipinski definition) is 1. The van der Waals surface area contributed by atoms with E-state index in [2.05, 4.69) is 29.6 Å². The van der Waals surface area contributed by atoms with E-state index in [9.17, 15) is 5.26 Å². The summed E-state index contributed by atoms with van der Waals surface area (Å²) in [6.45, 7) is 4.91. The van der Waals surface area contributed by atoms with Gasteiger partial charge in [-0.1, -0.05) is 49.5 Å². The predicted molar refractivity (Wildman–Crippen MR) is 137 cm³/mol. The van der Waals surface area contributed by atoms with Gasteiger partial charge >= 0.3 is 0 Å². The number of nitriles is 1. The molecule has 0 fully saturated rings. The van der Waals surface area contributed by atoms with E-state index in [0.717, 1.165) is 28.3 Å². The molecule has 3 rings (SSSR count). The summed E-state index contributed by atoms with van der Waals surface area (Å²) in [5.41, 5.74) is 3.02. The first-order chi connectivity index (χ1) is 15.9. The van der Waals surface area contributed by atoms with Gasteiger partial charge in [0, 0.05) is 17.9 Å². The number of pyridine rings is 1. The molecule has 33 heavy (non-hydrogen) atoms. The second-order valence-electron chi connectivity index (χ2n) is 7.78. The molecule has 172 valence electrons. The average Bonchev–Trinajstić information content (AvgIpc) is 2.82. The summed E-state index contributed by atoms with van der Waals surface area (Å²) in [6.07, 6.45) is 3.71. The number of benzene rings is 2. The van der Waals surface area contributed by atoms with E-state index >= 15 is 0 Å². The molecule has 1 aromatic heterocycles. The molecule has 1 N–H and O–H groups in total. The first kappa shape index (κ1) is 25.0. The monoisotopic (exact) mass is 501 g/mol. The third-order valence-electron chi connectivity index (χ3n) is 5.22. The van der Waals surface area contributed by atoms with Gasteiger partial charge in [-0.15, -0.1) is 11.6 Å². The molecule has 8 heteroatoms. The van der Waals surface area contributed by atoms with Crippen molar-refractivity contribution in [3.05, 3.63) is 82.0 Å². The number of anilines is 1. The largest absolute Gasteiger partial charge is 0.489 e. The molecule has 0 atom stereocenters. The molecule has 0 aliphatic heterocycles. The molecule has 0 aliphatic carbocycles. The zero-order chi connectivity index (χ0) is 23.8. The van der Waals surface area contributed by atoms with Crippen LogP contribution < -0.4 is 14.2 Å². The Morgan fingerprint density at radius 2 is 1.85 bits per heavy atom. The van der Waals surface area contributed by atoms with Crippen LogP contribution in [0.2, 0.25) is 5.02 Å². The van der Waals surface area contributed by atoms with Crippen molar-refractivity contribution in [2.24, 2.45) is 0 Å². The van der Waals surface area contributed by atoms with Crippen LogP contribution in [-0.2, 0) is 12.0 Å². The van der Waals surface area contributed by atoms with Gasteiger partial charge < -0.3 is 14.2 Å². The first-order valence-electron chi connectivity index (χ1n) is 10.3. The van der Waals surface area contributed by atoms with E-state index in [1.54, 1.807) is 6.20 Å². The van der Waals surface area contributed by atoms with Gasteiger partial charge in [0.25, 0.3) is 0 Å². The lowest BCUT2D eigenvalue weighted by Crippen LogP contribution is -2.19. The van der Waals surface area contributed by atoms with Crippen molar-refractivity contribution in [1.29, 1.82) is 5.26 Å². The summed E-state index contributed by atoms with van der Waals surface area (Å²) in [5.74, 6) is 2.26. The van der Waals surface area contributed by atoms with Crippen molar-refractivity contribution >= 4 is 41.0 Å². The van der Waals surface area contributed by atoms with E-state index in [0.29, 0.717) is 28.8 Å². The van der Waals surface area contributed by atoms with Crippen LogP contribution in [0.5, 0.6) is 11.5 Å². The smallest absolute Gasteiger partial charge is 0.155 e. The molecule has 0 amide bonds. The molecule has 0 saturated carbocycles. The van der Waals surface area contributed by atoms with Crippen molar-refractivity contribution in [1.82, 2.24) is 4.98 Å². The minimum atomic E-state index is -0.387. The lowest BCUT2D eigenvalue weighted by molar-refractivity contribution is 0.306. The average molecular weight is 502 g/mol. The Kier molecular flexibility index (Phi) is 8.74. The maximum absolute atomic E-state index is 9.59. The van der Waals surface area contributed by atoms with Crippen molar-refractivity contribution < 1.29 is 9.47 Å². The lowest BCUT2D eigenvalue weighted by atomic mass is 9.77. The molecular weight excluding hydrogens is 477 g/mol. The van der Waals surface area contributed by atoms with Gasteiger partial charge in [0.05, 0.1) is 16.5 Å². The van der Waals surface area contributed by atoms with Gasteiger partial charge in [-0.05, 0) is 53.1 Å². The summed E-state index contributed by atoms with van der Waals surface area (Å²) in [7, 11) is 0. The number of ether oxygens (including phenoxy) is 2. The molecule has 5 nitrogen and oxygen atoms in total. The van der Waals surface area contributed by atoms with E-state index in [1.165, 1.54) is 11.9 Å². The minimum Gasteiger partial charge on any atom is -0.489 e. The van der Waals surface area contributed by atoms with Crippen LogP contribution >= 0.6 is 35.1 Å². The molecule has 2 aromatic carbocycles. The Morgan fingerprint density at radius 3 is 2.52 bits per heavy atom. The molecule has 0 radical (unpaired) electrons. The summed E-state index contributed by atoms with van der Waals surface area (Å²) < 4.78 is 14.6. The fraction of sp³-hybridized carbons (Fsp3) is 0.280. The third-order valence-corrected chi connectivity index (χ3v) is 6.07. The molecule has 0 unspecified atom stereocenters. The van der Waals surface area contributed by atoms with Gasteiger partial charge in [0.1, 0.15) is 30.9 Å². The fourth-order valence-corrected chi connectivity index (χ4v) is 4.02. The summed E-state index contributed by atoms with van der Waals surface area (Å²) in [6, 6.07) is 17.7. The number of alkyl halides is 1. The zero-order valence-electron chi connectivity index (χ0n) is 18.7. The van der Waals surface area contributed by atoms with Crippen LogP contribution in [-0.4, -0.2) is 23.7 Å². The molecule has 0 saturated heterocycles. The van der Waals surface area contributed by atoms with E-state index in [4.69, 9.17) is 32.7 Å². The minimum absolute atomic E-state index is 0.287. The van der Waals surface area contributed by atoms with E-state index < -0.39 is 0 Å². The van der Waals surface area contributed by atoms with Crippen molar-refractivity contribution in [3.63, 3.8) is 0 Å². The Labute approximate surface area is 209 Å². The van der Waals surface area contributed by atoms with Crippen LogP contribution in [0.1, 0.15) is 36.1 Å². The van der Waals surface area contributed by atoms with Crippen LogP contribution in [0.3, 0.4) is 0 Å². The second kappa shape index (κ2) is 11.5. The molecule has 1 heterocycles. The number of aromatic nitrogens is 1. The van der Waals surface area contributed by atoms with E-state index in [1.807, 2.05) is 54.8 Å². The maximum Gasteiger partial charge on any atom is 0.155 e. The quantitative estimate of drug-likeness (QED) is 0.242. The highest BCUT2D eigenvalue weighted by atomic mass is 35.5. The van der Waals surface area contributed by atoms with Crippen molar-refractivity contribution in [3.8, 4) is 17.6 Å². The number of hydrogen-bond acceptors (Lipinski definition) is 6. The van der Waals surface area contributed by atoms with Gasteiger partial charge in [0.2, 0.25) is 0 Å². The molecule has 0 spiro atoms. The topological polar surface area (TPSA) is 67.2 Å². The normalized spacial score (nSPS) is 11.0. The van der Waals surface area contributed by atoms with Gasteiger partial charge in [-0.3, -0.25) is 0 Å². The third kappa shape index (κ3) is 6.26. The first-order valence-corrected chi connectivity index (χ1v) is 12.4. The Balaban J connectivity index is 1.76. The van der Waals surface area contributed by atoms with Crippen LogP contribution in [0, 0.1) is 11.3 Å². The van der Waals surface area contributed by atoms with Crippen molar-refractivity contribution in [2.75, 3.05) is 23.5 Å². The predicted octanol–water partition coefficient (Wildman–Crippen LogP) is 6.82. The molecule has 0 aliphatic rings. The Bertz CT molecular complexity index is 1130. The van der Waals surface area contributed by atoms with Crippen LogP contribution in [0.4, 0.5) is 5.82 Å². The number of nitrogens with one attached hydrogen (secondary N) is 1. The number of nitrogens with zero attached hydrogens (tertiary/aromatic N) is 2. The summed E-state index contributed by atoms with van der Waals surface area (Å²) >= 11 is 13.6. The van der Waals surface area contributed by atoms with Crippen molar-refractivity contribution in [2.45, 2.75) is 25.9 Å². The van der Waals surface area contributed by atoms with Crippen LogP contribution in [0.15, 0.2) is 54.7 Å². The standard InChI is InChI=1S/C25H25Cl2N3O2S/c1-25(2,20-13-18(15-28)24(22(27)14-20)31-11-9-26)19-4-6-21(7-5-19)32-16-17-8-10-29-23(12-17)30-33-3/h4-8,10,12-14H,9,11,16H2,1-3H3,(H,29,30). The summed E-state index contributed by atoms with van der Waals surface area (Å²) in [4.78, 5) is 4.26. The summed E-state index contributed by atoms with van der Waals surface area (Å²) in [5, 5.41) is 9.99. The number of rotatable bonds is 10. The van der Waals surface area contributed by atoms with Crippen LogP contribution in [0.25, 0.3) is 0 Å². The maximum atomic E-state index is 9.59. The van der Waals surface area contributed by atoms with Gasteiger partial charge in [-0.2, -0.15) is 5.26 Å². The number of halogens is 2. The zero-order valence-corrected chi connectivity index (χ0v) is 21.0. The lowest BCUT2D eigenvalue weighted by Gasteiger charge is -2.27. The molecule has 3 aromatic rings. The highest BCUT2D eigenvalue weighted by molar-refractivity contribution is 7.99. The second-order valence-corrected chi connectivity index (χ2v) is 9.18. The highest BCUT2D eigenvalue weighted by Crippen LogP contribution is 2.38. The molecule has 0 bridgehead atoms.